The van der Waals surface area contributed by atoms with Gasteiger partial charge in [0.1, 0.15) is 5.75 Å². The van der Waals surface area contributed by atoms with Crippen LogP contribution in [0.4, 0.5) is 5.69 Å². The van der Waals surface area contributed by atoms with E-state index in [0.29, 0.717) is 17.5 Å². The summed E-state index contributed by atoms with van der Waals surface area (Å²) < 4.78 is 5.43. The van der Waals surface area contributed by atoms with E-state index in [0.717, 1.165) is 25.7 Å². The molecule has 20 heavy (non-hydrogen) atoms. The summed E-state index contributed by atoms with van der Waals surface area (Å²) in [7, 11) is 0. The van der Waals surface area contributed by atoms with Gasteiger partial charge in [-0.3, -0.25) is 9.59 Å². The normalized spacial score (nSPS) is 17.4. The largest absolute Gasteiger partial charge is 0.484 e. The van der Waals surface area contributed by atoms with E-state index >= 15 is 0 Å². The first-order valence-electron chi connectivity index (χ1n) is 7.04. The SMILES string of the molecule is O=C(COc1cccc(NC(=O)C2CC2)c1)NC1CC1. The lowest BCUT2D eigenvalue weighted by atomic mass is 10.3. The van der Waals surface area contributed by atoms with E-state index in [4.69, 9.17) is 4.74 Å². The number of nitrogens with one attached hydrogen (secondary N) is 2. The van der Waals surface area contributed by atoms with Gasteiger partial charge in [0.2, 0.25) is 5.91 Å². The monoisotopic (exact) mass is 274 g/mol. The second kappa shape index (κ2) is 5.53. The summed E-state index contributed by atoms with van der Waals surface area (Å²) in [6.45, 7) is 0.0104. The summed E-state index contributed by atoms with van der Waals surface area (Å²) in [6.07, 6.45) is 4.08. The van der Waals surface area contributed by atoms with Gasteiger partial charge < -0.3 is 15.4 Å². The average Bonchev–Trinajstić information content (AvgIpc) is 3.29. The molecule has 2 N–H and O–H groups in total. The number of carbonyl (C=O) groups excluding carboxylic acids is 2. The van der Waals surface area contributed by atoms with E-state index in [9.17, 15) is 9.59 Å². The molecule has 106 valence electrons. The van der Waals surface area contributed by atoms with Crippen molar-refractivity contribution in [3.8, 4) is 5.75 Å². The van der Waals surface area contributed by atoms with Crippen molar-refractivity contribution in [1.29, 1.82) is 0 Å². The highest BCUT2D eigenvalue weighted by atomic mass is 16.5. The Hall–Kier alpha value is -2.04. The molecule has 1 aromatic rings. The van der Waals surface area contributed by atoms with Crippen LogP contribution in [0.1, 0.15) is 25.7 Å². The molecule has 2 aliphatic carbocycles. The van der Waals surface area contributed by atoms with Gasteiger partial charge in [0.15, 0.2) is 6.61 Å². The van der Waals surface area contributed by atoms with Crippen LogP contribution in [-0.2, 0) is 9.59 Å². The number of hydrogen-bond acceptors (Lipinski definition) is 3. The van der Waals surface area contributed by atoms with Crippen molar-refractivity contribution in [2.24, 2.45) is 5.92 Å². The average molecular weight is 274 g/mol. The van der Waals surface area contributed by atoms with E-state index < -0.39 is 0 Å². The van der Waals surface area contributed by atoms with Crippen LogP contribution in [0.3, 0.4) is 0 Å². The van der Waals surface area contributed by atoms with Crippen molar-refractivity contribution in [3.63, 3.8) is 0 Å². The minimum atomic E-state index is -0.0973. The zero-order valence-electron chi connectivity index (χ0n) is 11.2. The molecule has 3 rings (SSSR count). The molecule has 2 saturated carbocycles. The van der Waals surface area contributed by atoms with Crippen LogP contribution in [0.2, 0.25) is 0 Å². The standard InChI is InChI=1S/C15H18N2O3/c18-14(16-11-6-7-11)9-20-13-3-1-2-12(8-13)17-15(19)10-4-5-10/h1-3,8,10-11H,4-7,9H2,(H,16,18)(H,17,19). The Morgan fingerprint density at radius 1 is 1.20 bits per heavy atom. The Kier molecular flexibility index (Phi) is 3.58. The summed E-state index contributed by atoms with van der Waals surface area (Å²) in [5.41, 5.74) is 0.710. The van der Waals surface area contributed by atoms with E-state index in [2.05, 4.69) is 10.6 Å². The fourth-order valence-electron chi connectivity index (χ4n) is 1.90. The molecule has 0 aromatic heterocycles. The maximum Gasteiger partial charge on any atom is 0.258 e. The molecule has 1 aromatic carbocycles. The maximum absolute atomic E-state index is 11.7. The predicted molar refractivity (Wildman–Crippen MR) is 74.5 cm³/mol. The number of benzene rings is 1. The minimum absolute atomic E-state index is 0.0104. The van der Waals surface area contributed by atoms with Crippen molar-refractivity contribution in [1.82, 2.24) is 5.32 Å². The summed E-state index contributed by atoms with van der Waals surface area (Å²) in [5, 5.41) is 5.72. The molecule has 0 atom stereocenters. The molecule has 5 nitrogen and oxygen atoms in total. The second-order valence-electron chi connectivity index (χ2n) is 5.42. The fourth-order valence-corrected chi connectivity index (χ4v) is 1.90. The minimum Gasteiger partial charge on any atom is -0.484 e. The number of hydrogen-bond donors (Lipinski definition) is 2. The molecule has 0 unspecified atom stereocenters. The van der Waals surface area contributed by atoms with Gasteiger partial charge in [-0.05, 0) is 37.8 Å². The highest BCUT2D eigenvalue weighted by molar-refractivity contribution is 5.94. The lowest BCUT2D eigenvalue weighted by Gasteiger charge is -2.09. The number of amides is 2. The zero-order chi connectivity index (χ0) is 13.9. The van der Waals surface area contributed by atoms with Crippen LogP contribution in [-0.4, -0.2) is 24.5 Å². The molecule has 5 heteroatoms. The van der Waals surface area contributed by atoms with Crippen LogP contribution < -0.4 is 15.4 Å². The van der Waals surface area contributed by atoms with Gasteiger partial charge in [-0.1, -0.05) is 6.07 Å². The van der Waals surface area contributed by atoms with E-state index in [1.807, 2.05) is 6.07 Å². The highest BCUT2D eigenvalue weighted by Crippen LogP contribution is 2.30. The Morgan fingerprint density at radius 3 is 2.70 bits per heavy atom. The third-order valence-corrected chi connectivity index (χ3v) is 3.36. The van der Waals surface area contributed by atoms with Crippen molar-refractivity contribution in [2.75, 3.05) is 11.9 Å². The molecule has 2 aliphatic rings. The van der Waals surface area contributed by atoms with Crippen molar-refractivity contribution in [2.45, 2.75) is 31.7 Å². The first kappa shape index (κ1) is 13.0. The summed E-state index contributed by atoms with van der Waals surface area (Å²) in [6, 6.07) is 7.48. The predicted octanol–water partition coefficient (Wildman–Crippen LogP) is 1.69. The van der Waals surface area contributed by atoms with Gasteiger partial charge in [0, 0.05) is 23.7 Å². The smallest absolute Gasteiger partial charge is 0.258 e. The summed E-state index contributed by atoms with van der Waals surface area (Å²) in [5.74, 6) is 0.724. The Balaban J connectivity index is 1.50. The number of ether oxygens (including phenoxy) is 1. The molecule has 0 spiro atoms. The molecule has 0 heterocycles. The number of rotatable bonds is 6. The van der Waals surface area contributed by atoms with Gasteiger partial charge in [-0.25, -0.2) is 0 Å². The van der Waals surface area contributed by atoms with Crippen molar-refractivity contribution < 1.29 is 14.3 Å². The Labute approximate surface area is 117 Å². The third-order valence-electron chi connectivity index (χ3n) is 3.36. The second-order valence-corrected chi connectivity index (χ2v) is 5.42. The Bertz CT molecular complexity index is 522. The maximum atomic E-state index is 11.7. The van der Waals surface area contributed by atoms with Crippen LogP contribution in [0.15, 0.2) is 24.3 Å². The fraction of sp³-hybridized carbons (Fsp3) is 0.467. The molecule has 0 bridgehead atoms. The summed E-state index contributed by atoms with van der Waals surface area (Å²) in [4.78, 5) is 23.2. The van der Waals surface area contributed by atoms with E-state index in [1.54, 1.807) is 18.2 Å². The van der Waals surface area contributed by atoms with Crippen LogP contribution in [0, 0.1) is 5.92 Å². The molecular formula is C15H18N2O3. The highest BCUT2D eigenvalue weighted by Gasteiger charge is 2.29. The molecule has 0 radical (unpaired) electrons. The van der Waals surface area contributed by atoms with Gasteiger partial charge in [-0.15, -0.1) is 0 Å². The number of carbonyl (C=O) groups is 2. The molecule has 2 amide bonds. The van der Waals surface area contributed by atoms with Gasteiger partial charge in [0.25, 0.3) is 5.91 Å². The summed E-state index contributed by atoms with van der Waals surface area (Å²) >= 11 is 0. The van der Waals surface area contributed by atoms with Crippen LogP contribution >= 0.6 is 0 Å². The zero-order valence-corrected chi connectivity index (χ0v) is 11.2. The quantitative estimate of drug-likeness (QED) is 0.829. The molecule has 2 fully saturated rings. The number of anilines is 1. The van der Waals surface area contributed by atoms with E-state index in [-0.39, 0.29) is 24.3 Å². The lowest BCUT2D eigenvalue weighted by molar-refractivity contribution is -0.123. The van der Waals surface area contributed by atoms with Crippen molar-refractivity contribution >= 4 is 17.5 Å². The first-order valence-corrected chi connectivity index (χ1v) is 7.04. The van der Waals surface area contributed by atoms with Gasteiger partial charge in [0.05, 0.1) is 0 Å². The molecule has 0 aliphatic heterocycles. The van der Waals surface area contributed by atoms with E-state index in [1.165, 1.54) is 0 Å². The van der Waals surface area contributed by atoms with Crippen LogP contribution in [0.25, 0.3) is 0 Å². The topological polar surface area (TPSA) is 67.4 Å². The van der Waals surface area contributed by atoms with Gasteiger partial charge in [-0.2, -0.15) is 0 Å². The lowest BCUT2D eigenvalue weighted by Crippen LogP contribution is -2.30. The van der Waals surface area contributed by atoms with Crippen LogP contribution in [0.5, 0.6) is 5.75 Å². The van der Waals surface area contributed by atoms with Gasteiger partial charge >= 0.3 is 0 Å². The first-order chi connectivity index (χ1) is 9.70. The Morgan fingerprint density at radius 2 is 2.00 bits per heavy atom. The molecular weight excluding hydrogens is 256 g/mol. The third kappa shape index (κ3) is 3.73. The van der Waals surface area contributed by atoms with Crippen molar-refractivity contribution in [3.05, 3.63) is 24.3 Å². The molecule has 0 saturated heterocycles.